The van der Waals surface area contributed by atoms with Crippen LogP contribution in [0.5, 0.6) is 0 Å². The molecule has 0 saturated carbocycles. The number of halogens is 5. The molecule has 0 aromatic rings. The molecule has 1 saturated heterocycles. The molecule has 9 heteroatoms. The highest BCUT2D eigenvalue weighted by molar-refractivity contribution is 5.84. The molecular weight excluding hydrogens is 301 g/mol. The molecule has 21 heavy (non-hydrogen) atoms. The average Bonchev–Trinajstić information content (AvgIpc) is 2.75. The number of hydrogen-bond acceptors (Lipinski definition) is 3. The summed E-state index contributed by atoms with van der Waals surface area (Å²) in [5.74, 6) is -2.92. The first kappa shape index (κ1) is 17.6. The lowest BCUT2D eigenvalue weighted by Crippen LogP contribution is -2.45. The van der Waals surface area contributed by atoms with Gasteiger partial charge in [0.25, 0.3) is 6.43 Å². The van der Waals surface area contributed by atoms with Crippen molar-refractivity contribution in [1.29, 1.82) is 0 Å². The topological polar surface area (TPSA) is 46.6 Å². The molecule has 0 N–H and O–H groups in total. The Morgan fingerprint density at radius 2 is 1.90 bits per heavy atom. The summed E-state index contributed by atoms with van der Waals surface area (Å²) < 4.78 is 67.3. The van der Waals surface area contributed by atoms with Crippen molar-refractivity contribution in [3.05, 3.63) is 0 Å². The minimum absolute atomic E-state index is 0.161. The van der Waals surface area contributed by atoms with Gasteiger partial charge < -0.3 is 4.74 Å². The smallest absolute Gasteiger partial charge is 0.449 e. The van der Waals surface area contributed by atoms with Crippen LogP contribution in [0.2, 0.25) is 0 Å². The second-order valence-electron chi connectivity index (χ2n) is 4.88. The molecule has 1 rings (SSSR count). The number of carbonyl (C=O) groups is 2. The lowest BCUT2D eigenvalue weighted by molar-refractivity contribution is -0.172. The van der Waals surface area contributed by atoms with Crippen LogP contribution in [0, 0.1) is 5.92 Å². The molecule has 3 atom stereocenters. The number of likely N-dealkylation sites (tertiary alicyclic amines) is 1. The maximum atomic E-state index is 13.0. The van der Waals surface area contributed by atoms with E-state index in [0.717, 1.165) is 12.0 Å². The minimum atomic E-state index is -5.00. The predicted molar refractivity (Wildman–Crippen MR) is 61.9 cm³/mol. The van der Waals surface area contributed by atoms with Crippen LogP contribution in [0.1, 0.15) is 26.2 Å². The van der Waals surface area contributed by atoms with Gasteiger partial charge in [0.05, 0.1) is 13.2 Å². The van der Waals surface area contributed by atoms with Gasteiger partial charge in [-0.15, -0.1) is 0 Å². The van der Waals surface area contributed by atoms with Crippen LogP contribution in [-0.2, 0) is 9.53 Å². The Hall–Kier alpha value is -1.41. The Balaban J connectivity index is 2.96. The number of rotatable bonds is 4. The zero-order chi connectivity index (χ0) is 16.4. The van der Waals surface area contributed by atoms with Gasteiger partial charge in [-0.25, -0.2) is 13.6 Å². The Bertz CT molecular complexity index is 399. The number of Topliss-reactive ketones (excluding diaryl/α,β-unsaturated/α-hetero) is 1. The van der Waals surface area contributed by atoms with E-state index in [-0.39, 0.29) is 12.8 Å². The summed E-state index contributed by atoms with van der Waals surface area (Å²) >= 11 is 0. The third-order valence-corrected chi connectivity index (χ3v) is 3.66. The fraction of sp³-hybridized carbons (Fsp3) is 0.833. The van der Waals surface area contributed by atoms with E-state index in [4.69, 9.17) is 0 Å². The van der Waals surface area contributed by atoms with Gasteiger partial charge in [-0.3, -0.25) is 9.69 Å². The lowest BCUT2D eigenvalue weighted by Gasteiger charge is -2.29. The van der Waals surface area contributed by atoms with Gasteiger partial charge in [-0.1, -0.05) is 6.92 Å². The highest BCUT2D eigenvalue weighted by Gasteiger charge is 2.50. The van der Waals surface area contributed by atoms with Gasteiger partial charge in [-0.05, 0) is 18.8 Å². The third kappa shape index (κ3) is 3.82. The van der Waals surface area contributed by atoms with Gasteiger partial charge in [-0.2, -0.15) is 13.2 Å². The van der Waals surface area contributed by atoms with Crippen LogP contribution < -0.4 is 0 Å². The Morgan fingerprint density at radius 1 is 1.33 bits per heavy atom. The Labute approximate surface area is 118 Å². The molecule has 4 nitrogen and oxygen atoms in total. The summed E-state index contributed by atoms with van der Waals surface area (Å²) in [5.41, 5.74) is 0. The van der Waals surface area contributed by atoms with Gasteiger partial charge in [0.2, 0.25) is 5.78 Å². The molecule has 0 unspecified atom stereocenters. The van der Waals surface area contributed by atoms with Crippen molar-refractivity contribution in [2.24, 2.45) is 5.92 Å². The summed E-state index contributed by atoms with van der Waals surface area (Å²) in [7, 11) is 1.01. The van der Waals surface area contributed by atoms with Crippen LogP contribution in [0.15, 0.2) is 0 Å². The summed E-state index contributed by atoms with van der Waals surface area (Å²) in [6.45, 7) is 1.56. The molecule has 0 spiro atoms. The fourth-order valence-electron chi connectivity index (χ4n) is 2.76. The van der Waals surface area contributed by atoms with E-state index >= 15 is 0 Å². The van der Waals surface area contributed by atoms with Gasteiger partial charge in [0, 0.05) is 12.5 Å². The molecule has 1 aliphatic heterocycles. The first-order chi connectivity index (χ1) is 9.63. The number of nitrogens with zero attached hydrogens (tertiary/aromatic N) is 1. The van der Waals surface area contributed by atoms with E-state index in [9.17, 15) is 31.5 Å². The molecule has 1 heterocycles. The Morgan fingerprint density at radius 3 is 2.29 bits per heavy atom. The number of hydrogen-bond donors (Lipinski definition) is 0. The minimum Gasteiger partial charge on any atom is -0.453 e. The van der Waals surface area contributed by atoms with Crippen molar-refractivity contribution in [3.8, 4) is 0 Å². The van der Waals surface area contributed by atoms with Crippen molar-refractivity contribution in [2.45, 2.75) is 50.9 Å². The van der Waals surface area contributed by atoms with Crippen LogP contribution in [0.25, 0.3) is 0 Å². The maximum absolute atomic E-state index is 13.0. The summed E-state index contributed by atoms with van der Waals surface area (Å²) in [5, 5.41) is 0. The van der Waals surface area contributed by atoms with Crippen molar-refractivity contribution in [1.82, 2.24) is 4.90 Å². The van der Waals surface area contributed by atoms with Gasteiger partial charge >= 0.3 is 12.3 Å². The highest BCUT2D eigenvalue weighted by atomic mass is 19.4. The molecule has 1 aliphatic rings. The number of alkyl halides is 5. The number of ether oxygens (including phenoxy) is 1. The Kier molecular flexibility index (Phi) is 5.52. The zero-order valence-corrected chi connectivity index (χ0v) is 11.5. The molecule has 0 bridgehead atoms. The fourth-order valence-corrected chi connectivity index (χ4v) is 2.76. The summed E-state index contributed by atoms with van der Waals surface area (Å²) in [4.78, 5) is 23.4. The van der Waals surface area contributed by atoms with E-state index in [0.29, 0.717) is 0 Å². The SMILES string of the molecule is CC[C@H]1[C@@H](CC(=O)C(F)(F)F)C[C@@H](C(F)F)N1C(=O)OC. The number of carbonyl (C=O) groups excluding carboxylic acids is 2. The predicted octanol–water partition coefficient (Wildman–Crippen LogP) is 3.01. The number of ketones is 1. The zero-order valence-electron chi connectivity index (χ0n) is 11.5. The molecule has 122 valence electrons. The first-order valence-corrected chi connectivity index (χ1v) is 6.37. The second-order valence-corrected chi connectivity index (χ2v) is 4.88. The molecule has 0 aromatic carbocycles. The largest absolute Gasteiger partial charge is 0.453 e. The van der Waals surface area contributed by atoms with Crippen LogP contribution in [-0.4, -0.2) is 48.6 Å². The molecule has 1 amide bonds. The molecule has 0 aromatic heterocycles. The van der Waals surface area contributed by atoms with Crippen LogP contribution in [0.3, 0.4) is 0 Å². The summed E-state index contributed by atoms with van der Waals surface area (Å²) in [6, 6.07) is -2.41. The van der Waals surface area contributed by atoms with Gasteiger partial charge in [0.15, 0.2) is 0 Å². The normalized spacial score (nSPS) is 26.3. The maximum Gasteiger partial charge on any atom is 0.449 e. The molecule has 0 radical (unpaired) electrons. The third-order valence-electron chi connectivity index (χ3n) is 3.66. The lowest BCUT2D eigenvalue weighted by atomic mass is 9.91. The van der Waals surface area contributed by atoms with Crippen molar-refractivity contribution < 1.29 is 36.3 Å². The average molecular weight is 317 g/mol. The monoisotopic (exact) mass is 317 g/mol. The highest BCUT2D eigenvalue weighted by Crippen LogP contribution is 2.38. The second kappa shape index (κ2) is 6.57. The number of amides is 1. The van der Waals surface area contributed by atoms with Gasteiger partial charge in [0.1, 0.15) is 0 Å². The van der Waals surface area contributed by atoms with Crippen molar-refractivity contribution >= 4 is 11.9 Å². The van der Waals surface area contributed by atoms with E-state index in [1.807, 2.05) is 0 Å². The van der Waals surface area contributed by atoms with E-state index < -0.39 is 48.9 Å². The van der Waals surface area contributed by atoms with E-state index in [1.165, 1.54) is 0 Å². The standard InChI is InChI=1S/C12H16F5NO3/c1-3-7-6(5-9(19)12(15,16)17)4-8(10(13)14)18(7)11(20)21-2/h6-8,10H,3-5H2,1-2H3/t6-,7+,8+/m1/s1. The van der Waals surface area contributed by atoms with E-state index in [1.54, 1.807) is 6.92 Å². The molecule has 0 aliphatic carbocycles. The number of methoxy groups -OCH3 is 1. The molecule has 1 fully saturated rings. The van der Waals surface area contributed by atoms with Crippen molar-refractivity contribution in [2.75, 3.05) is 7.11 Å². The van der Waals surface area contributed by atoms with Crippen LogP contribution in [0.4, 0.5) is 26.7 Å². The first-order valence-electron chi connectivity index (χ1n) is 6.37. The van der Waals surface area contributed by atoms with E-state index in [2.05, 4.69) is 4.74 Å². The summed E-state index contributed by atoms with van der Waals surface area (Å²) in [6.07, 6.45) is -10.0. The van der Waals surface area contributed by atoms with Crippen molar-refractivity contribution in [3.63, 3.8) is 0 Å². The molecular formula is C12H16F5NO3. The quantitative estimate of drug-likeness (QED) is 0.749. The van der Waals surface area contributed by atoms with Crippen LogP contribution >= 0.6 is 0 Å².